The van der Waals surface area contributed by atoms with E-state index >= 15 is 0 Å². The van der Waals surface area contributed by atoms with Crippen LogP contribution in [-0.4, -0.2) is 47.2 Å². The number of piperidine rings is 1. The molecule has 1 atom stereocenters. The van der Waals surface area contributed by atoms with E-state index in [-0.39, 0.29) is 5.91 Å². The van der Waals surface area contributed by atoms with Crippen molar-refractivity contribution in [1.29, 1.82) is 0 Å². The lowest BCUT2D eigenvalue weighted by Crippen LogP contribution is -2.40. The minimum atomic E-state index is -0.0917. The maximum atomic E-state index is 12.2. The minimum Gasteiger partial charge on any atom is -0.349 e. The Morgan fingerprint density at radius 1 is 1.38 bits per heavy atom. The third kappa shape index (κ3) is 4.23. The molecule has 2 aromatic rings. The van der Waals surface area contributed by atoms with Gasteiger partial charge in [0.15, 0.2) is 0 Å². The topological polar surface area (TPSA) is 61.0 Å². The number of nitrogens with one attached hydrogen (secondary N) is 2. The number of carbonyl (C=O) groups is 1. The molecule has 1 aromatic carbocycles. The Hall–Kier alpha value is -2.14. The zero-order valence-electron chi connectivity index (χ0n) is 14.5. The summed E-state index contributed by atoms with van der Waals surface area (Å²) in [4.78, 5) is 14.7. The third-order valence-electron chi connectivity index (χ3n) is 4.62. The van der Waals surface area contributed by atoms with E-state index in [0.29, 0.717) is 12.2 Å². The zero-order chi connectivity index (χ0) is 16.9. The smallest absolute Gasteiger partial charge is 0.269 e. The first-order chi connectivity index (χ1) is 11.6. The zero-order valence-corrected chi connectivity index (χ0v) is 14.5. The highest BCUT2D eigenvalue weighted by atomic mass is 16.1. The lowest BCUT2D eigenvalue weighted by molar-refractivity contribution is 0.0939. The van der Waals surface area contributed by atoms with Gasteiger partial charge in [0.2, 0.25) is 0 Å². The largest absolute Gasteiger partial charge is 0.349 e. The van der Waals surface area contributed by atoms with Crippen molar-refractivity contribution in [2.75, 3.05) is 26.2 Å². The first kappa shape index (κ1) is 16.7. The Bertz CT molecular complexity index is 677. The van der Waals surface area contributed by atoms with Crippen molar-refractivity contribution in [3.05, 3.63) is 41.6 Å². The molecule has 2 N–H and O–H groups in total. The van der Waals surface area contributed by atoms with Gasteiger partial charge in [-0.25, -0.2) is 0 Å². The summed E-state index contributed by atoms with van der Waals surface area (Å²) in [6.07, 6.45) is 2.58. The summed E-state index contributed by atoms with van der Waals surface area (Å²) in [5.41, 5.74) is 3.53. The predicted molar refractivity (Wildman–Crippen MR) is 95.9 cm³/mol. The van der Waals surface area contributed by atoms with E-state index in [9.17, 15) is 4.79 Å². The number of likely N-dealkylation sites (tertiary alicyclic amines) is 1. The lowest BCUT2D eigenvalue weighted by atomic mass is 10.0. The second-order valence-corrected chi connectivity index (χ2v) is 6.84. The molecule has 2 heterocycles. The number of hydrogen-bond acceptors (Lipinski definition) is 3. The van der Waals surface area contributed by atoms with Crippen molar-refractivity contribution in [3.63, 3.8) is 0 Å². The molecule has 0 unspecified atom stereocenters. The van der Waals surface area contributed by atoms with Gasteiger partial charge in [0.25, 0.3) is 5.91 Å². The monoisotopic (exact) mass is 326 g/mol. The van der Waals surface area contributed by atoms with Gasteiger partial charge in [-0.15, -0.1) is 0 Å². The quantitative estimate of drug-likeness (QED) is 0.888. The highest BCUT2D eigenvalue weighted by molar-refractivity contribution is 5.93. The Morgan fingerprint density at radius 3 is 2.92 bits per heavy atom. The van der Waals surface area contributed by atoms with Crippen LogP contribution < -0.4 is 5.32 Å². The fourth-order valence-corrected chi connectivity index (χ4v) is 3.22. The summed E-state index contributed by atoms with van der Waals surface area (Å²) in [6.45, 7) is 8.21. The summed E-state index contributed by atoms with van der Waals surface area (Å²) in [5.74, 6) is 0.671. The fraction of sp³-hybridized carbons (Fsp3) is 0.474. The number of nitrogens with zero attached hydrogens (tertiary/aromatic N) is 2. The molecule has 1 aromatic heterocycles. The average molecular weight is 326 g/mol. The van der Waals surface area contributed by atoms with Gasteiger partial charge in [0.05, 0.1) is 5.69 Å². The van der Waals surface area contributed by atoms with Gasteiger partial charge in [-0.3, -0.25) is 9.89 Å². The highest BCUT2D eigenvalue weighted by Gasteiger charge is 2.16. The van der Waals surface area contributed by atoms with Crippen molar-refractivity contribution in [2.24, 2.45) is 5.92 Å². The van der Waals surface area contributed by atoms with Crippen molar-refractivity contribution >= 4 is 5.91 Å². The molecule has 0 radical (unpaired) electrons. The van der Waals surface area contributed by atoms with E-state index in [1.54, 1.807) is 0 Å². The summed E-state index contributed by atoms with van der Waals surface area (Å²) in [5, 5.41) is 10.1. The Labute approximate surface area is 143 Å². The molecule has 24 heavy (non-hydrogen) atoms. The maximum absolute atomic E-state index is 12.2. The molecule has 1 saturated heterocycles. The van der Waals surface area contributed by atoms with E-state index in [4.69, 9.17) is 0 Å². The van der Waals surface area contributed by atoms with Gasteiger partial charge in [-0.05, 0) is 38.3 Å². The number of H-pyrrole nitrogens is 1. The van der Waals surface area contributed by atoms with Crippen LogP contribution in [0.15, 0.2) is 30.3 Å². The number of amides is 1. The molecular weight excluding hydrogens is 300 g/mol. The number of aryl methyl sites for hydroxylation is 1. The predicted octanol–water partition coefficient (Wildman–Crippen LogP) is 2.85. The van der Waals surface area contributed by atoms with Crippen LogP contribution in [0.2, 0.25) is 0 Å². The third-order valence-corrected chi connectivity index (χ3v) is 4.62. The van der Waals surface area contributed by atoms with Crippen LogP contribution >= 0.6 is 0 Å². The summed E-state index contributed by atoms with van der Waals surface area (Å²) in [7, 11) is 0. The Morgan fingerprint density at radius 2 is 2.17 bits per heavy atom. The molecular formula is C19H26N4O. The van der Waals surface area contributed by atoms with Gasteiger partial charge in [-0.2, -0.15) is 5.10 Å². The summed E-state index contributed by atoms with van der Waals surface area (Å²) < 4.78 is 0. The molecule has 128 valence electrons. The Balaban J connectivity index is 1.51. The molecule has 0 aliphatic carbocycles. The average Bonchev–Trinajstić information content (AvgIpc) is 3.05. The van der Waals surface area contributed by atoms with Crippen molar-refractivity contribution in [2.45, 2.75) is 26.7 Å². The van der Waals surface area contributed by atoms with Gasteiger partial charge < -0.3 is 10.2 Å². The minimum absolute atomic E-state index is 0.0917. The van der Waals surface area contributed by atoms with Crippen molar-refractivity contribution in [1.82, 2.24) is 20.4 Å². The second-order valence-electron chi connectivity index (χ2n) is 6.84. The molecule has 5 heteroatoms. The molecule has 0 spiro atoms. The van der Waals surface area contributed by atoms with E-state index in [1.165, 1.54) is 18.4 Å². The van der Waals surface area contributed by atoms with Gasteiger partial charge in [0, 0.05) is 25.2 Å². The SMILES string of the molecule is Cc1ccc(-c2cc(C(=O)NCCN3CCC[C@@H](C)C3)[nH]n2)cc1. The number of aromatic nitrogens is 2. The molecule has 0 saturated carbocycles. The fourth-order valence-electron chi connectivity index (χ4n) is 3.22. The van der Waals surface area contributed by atoms with Crippen LogP contribution in [0.25, 0.3) is 11.3 Å². The highest BCUT2D eigenvalue weighted by Crippen LogP contribution is 2.18. The van der Waals surface area contributed by atoms with Crippen LogP contribution in [-0.2, 0) is 0 Å². The molecule has 3 rings (SSSR count). The number of carbonyl (C=O) groups excluding carboxylic acids is 1. The Kier molecular flexibility index (Phi) is 5.30. The van der Waals surface area contributed by atoms with Gasteiger partial charge in [-0.1, -0.05) is 36.8 Å². The molecule has 1 fully saturated rings. The molecule has 0 bridgehead atoms. The molecule has 1 amide bonds. The van der Waals surface area contributed by atoms with E-state index < -0.39 is 0 Å². The molecule has 1 aliphatic heterocycles. The van der Waals surface area contributed by atoms with Gasteiger partial charge >= 0.3 is 0 Å². The lowest BCUT2D eigenvalue weighted by Gasteiger charge is -2.30. The summed E-state index contributed by atoms with van der Waals surface area (Å²) >= 11 is 0. The van der Waals surface area contributed by atoms with E-state index in [0.717, 1.165) is 36.8 Å². The van der Waals surface area contributed by atoms with Crippen molar-refractivity contribution in [3.8, 4) is 11.3 Å². The standard InChI is InChI=1S/C19H26N4O/c1-14-5-7-16(8-6-14)17-12-18(22-21-17)19(24)20-9-11-23-10-3-4-15(2)13-23/h5-8,12,15H,3-4,9-11,13H2,1-2H3,(H,20,24)(H,21,22)/t15-/m1/s1. The van der Waals surface area contributed by atoms with Crippen LogP contribution in [0.3, 0.4) is 0 Å². The number of hydrogen-bond donors (Lipinski definition) is 2. The first-order valence-corrected chi connectivity index (χ1v) is 8.75. The van der Waals surface area contributed by atoms with E-state index in [1.807, 2.05) is 30.3 Å². The molecule has 5 nitrogen and oxygen atoms in total. The van der Waals surface area contributed by atoms with Gasteiger partial charge in [0.1, 0.15) is 5.69 Å². The van der Waals surface area contributed by atoms with Crippen LogP contribution in [0.5, 0.6) is 0 Å². The number of aromatic amines is 1. The first-order valence-electron chi connectivity index (χ1n) is 8.75. The van der Waals surface area contributed by atoms with E-state index in [2.05, 4.69) is 34.3 Å². The van der Waals surface area contributed by atoms with Crippen LogP contribution in [0.4, 0.5) is 0 Å². The summed E-state index contributed by atoms with van der Waals surface area (Å²) in [6, 6.07) is 9.94. The number of benzene rings is 1. The van der Waals surface area contributed by atoms with Crippen molar-refractivity contribution < 1.29 is 4.79 Å². The maximum Gasteiger partial charge on any atom is 0.269 e. The van der Waals surface area contributed by atoms with Crippen LogP contribution in [0, 0.1) is 12.8 Å². The van der Waals surface area contributed by atoms with Crippen LogP contribution in [0.1, 0.15) is 35.8 Å². The molecule has 1 aliphatic rings. The normalized spacial score (nSPS) is 18.5. The number of rotatable bonds is 5. The second kappa shape index (κ2) is 7.62.